The summed E-state index contributed by atoms with van der Waals surface area (Å²) in [6.45, 7) is 1.92. The van der Waals surface area contributed by atoms with Crippen LogP contribution in [-0.2, 0) is 18.1 Å². The summed E-state index contributed by atoms with van der Waals surface area (Å²) in [5.41, 5.74) is 6.39. The molecule has 100 valence electrons. The molecule has 6 nitrogen and oxygen atoms in total. The zero-order valence-corrected chi connectivity index (χ0v) is 11.1. The van der Waals surface area contributed by atoms with Crippen molar-refractivity contribution < 1.29 is 15.1 Å². The molecule has 0 saturated heterocycles. The van der Waals surface area contributed by atoms with Crippen LogP contribution < -0.4 is 5.48 Å². The first-order valence-electron chi connectivity index (χ1n) is 5.81. The van der Waals surface area contributed by atoms with Crippen LogP contribution in [0, 0.1) is 6.92 Å². The normalized spacial score (nSPS) is 18.3. The number of aromatic hydroxyl groups is 1. The van der Waals surface area contributed by atoms with Crippen LogP contribution in [0.15, 0.2) is 11.6 Å². The van der Waals surface area contributed by atoms with Crippen molar-refractivity contribution in [2.24, 2.45) is 0 Å². The number of nitrogens with one attached hydrogen (secondary N) is 1. The molecular weight excluding hydrogens is 266 g/mol. The predicted octanol–water partition coefficient (Wildman–Crippen LogP) is 1.17. The molecule has 0 radical (unpaired) electrons. The lowest BCUT2D eigenvalue weighted by Gasteiger charge is -2.26. The van der Waals surface area contributed by atoms with Gasteiger partial charge in [0.05, 0.1) is 24.0 Å². The molecule has 3 rings (SSSR count). The first-order chi connectivity index (χ1) is 9.22. The van der Waals surface area contributed by atoms with E-state index in [2.05, 4.69) is 14.8 Å². The molecule has 0 saturated carbocycles. The minimum atomic E-state index is -0.341. The SMILES string of the molecule is Cc1ncc(CO)c(C2NOCc3nscc32)c1O. The number of aliphatic hydroxyl groups excluding tert-OH is 1. The molecule has 3 N–H and O–H groups in total. The number of pyridine rings is 1. The summed E-state index contributed by atoms with van der Waals surface area (Å²) in [6, 6.07) is -0.341. The highest BCUT2D eigenvalue weighted by molar-refractivity contribution is 7.03. The molecule has 1 unspecified atom stereocenters. The second kappa shape index (κ2) is 4.86. The molecule has 19 heavy (non-hydrogen) atoms. The van der Waals surface area contributed by atoms with Crippen molar-refractivity contribution in [3.05, 3.63) is 39.7 Å². The summed E-state index contributed by atoms with van der Waals surface area (Å²) in [6.07, 6.45) is 1.57. The van der Waals surface area contributed by atoms with E-state index in [1.807, 2.05) is 5.38 Å². The Morgan fingerprint density at radius 2 is 2.42 bits per heavy atom. The van der Waals surface area contributed by atoms with Crippen LogP contribution in [-0.4, -0.2) is 19.6 Å². The van der Waals surface area contributed by atoms with Crippen molar-refractivity contribution in [3.8, 4) is 5.75 Å². The third-order valence-corrected chi connectivity index (χ3v) is 3.90. The molecule has 2 aromatic heterocycles. The van der Waals surface area contributed by atoms with Crippen molar-refractivity contribution in [1.29, 1.82) is 0 Å². The van der Waals surface area contributed by atoms with Gasteiger partial charge in [-0.1, -0.05) is 0 Å². The van der Waals surface area contributed by atoms with Crippen LogP contribution in [0.1, 0.15) is 34.1 Å². The number of nitrogens with zero attached hydrogens (tertiary/aromatic N) is 2. The van der Waals surface area contributed by atoms with Gasteiger partial charge in [-0.2, -0.15) is 9.85 Å². The lowest BCUT2D eigenvalue weighted by atomic mass is 9.94. The van der Waals surface area contributed by atoms with E-state index in [1.165, 1.54) is 11.5 Å². The summed E-state index contributed by atoms with van der Waals surface area (Å²) in [7, 11) is 0. The van der Waals surface area contributed by atoms with Gasteiger partial charge in [-0.25, -0.2) is 0 Å². The van der Waals surface area contributed by atoms with Gasteiger partial charge < -0.3 is 10.2 Å². The maximum Gasteiger partial charge on any atom is 0.142 e. The van der Waals surface area contributed by atoms with E-state index in [-0.39, 0.29) is 18.4 Å². The largest absolute Gasteiger partial charge is 0.506 e. The lowest BCUT2D eigenvalue weighted by Crippen LogP contribution is -2.29. The average Bonchev–Trinajstić information content (AvgIpc) is 2.90. The van der Waals surface area contributed by atoms with Gasteiger partial charge in [-0.05, 0) is 18.5 Å². The highest BCUT2D eigenvalue weighted by Crippen LogP contribution is 2.37. The average molecular weight is 279 g/mol. The van der Waals surface area contributed by atoms with Crippen molar-refractivity contribution in [2.45, 2.75) is 26.2 Å². The quantitative estimate of drug-likeness (QED) is 0.765. The Balaban J connectivity index is 2.16. The fourth-order valence-corrected chi connectivity index (χ4v) is 2.91. The van der Waals surface area contributed by atoms with Gasteiger partial charge in [0, 0.05) is 28.3 Å². The van der Waals surface area contributed by atoms with Crippen molar-refractivity contribution in [3.63, 3.8) is 0 Å². The molecule has 3 heterocycles. The maximum absolute atomic E-state index is 10.2. The molecular formula is C12H13N3O3S. The summed E-state index contributed by atoms with van der Waals surface area (Å²) in [5, 5.41) is 21.6. The Morgan fingerprint density at radius 1 is 1.58 bits per heavy atom. The maximum atomic E-state index is 10.2. The molecule has 0 aliphatic carbocycles. The molecule has 0 spiro atoms. The second-order valence-corrected chi connectivity index (χ2v) is 4.97. The highest BCUT2D eigenvalue weighted by atomic mass is 32.1. The summed E-state index contributed by atoms with van der Waals surface area (Å²) < 4.78 is 4.26. The number of aromatic nitrogens is 2. The number of rotatable bonds is 2. The molecule has 1 atom stereocenters. The molecule has 1 aliphatic rings. The summed E-state index contributed by atoms with van der Waals surface area (Å²) in [5.74, 6) is 0.0756. The van der Waals surface area contributed by atoms with E-state index >= 15 is 0 Å². The number of hydrogen-bond acceptors (Lipinski definition) is 7. The standard InChI is InChI=1S/C12H13N3O3S/c1-6-12(17)10(7(3-16)2-13-6)11-8-5-19-15-9(8)4-18-14-11/h2,5,11,14,16-17H,3-4H2,1H3. The van der Waals surface area contributed by atoms with Crippen LogP contribution in [0.4, 0.5) is 0 Å². The zero-order valence-electron chi connectivity index (χ0n) is 10.3. The third-order valence-electron chi connectivity index (χ3n) is 3.21. The van der Waals surface area contributed by atoms with Crippen molar-refractivity contribution >= 4 is 11.5 Å². The van der Waals surface area contributed by atoms with Crippen molar-refractivity contribution in [2.75, 3.05) is 0 Å². The van der Waals surface area contributed by atoms with Gasteiger partial charge in [-0.3, -0.25) is 9.82 Å². The van der Waals surface area contributed by atoms with Crippen LogP contribution in [0.3, 0.4) is 0 Å². The van der Waals surface area contributed by atoms with Gasteiger partial charge in [0.2, 0.25) is 0 Å². The monoisotopic (exact) mass is 279 g/mol. The first-order valence-corrected chi connectivity index (χ1v) is 6.64. The fraction of sp³-hybridized carbons (Fsp3) is 0.333. The van der Waals surface area contributed by atoms with E-state index in [0.29, 0.717) is 23.4 Å². The molecule has 0 aromatic carbocycles. The summed E-state index contributed by atoms with van der Waals surface area (Å²) >= 11 is 1.35. The molecule has 7 heteroatoms. The van der Waals surface area contributed by atoms with E-state index in [0.717, 1.165) is 11.3 Å². The van der Waals surface area contributed by atoms with E-state index in [4.69, 9.17) is 4.84 Å². The van der Waals surface area contributed by atoms with Crippen LogP contribution in [0.25, 0.3) is 0 Å². The van der Waals surface area contributed by atoms with Crippen LogP contribution in [0.2, 0.25) is 0 Å². The predicted molar refractivity (Wildman–Crippen MR) is 68.4 cm³/mol. The topological polar surface area (TPSA) is 87.5 Å². The Hall–Kier alpha value is -1.54. The Bertz CT molecular complexity index is 614. The molecule has 1 aliphatic heterocycles. The minimum Gasteiger partial charge on any atom is -0.506 e. The van der Waals surface area contributed by atoms with E-state index in [9.17, 15) is 10.2 Å². The molecule has 2 aromatic rings. The molecule has 0 fully saturated rings. The first kappa shape index (κ1) is 12.5. The smallest absolute Gasteiger partial charge is 0.142 e. The minimum absolute atomic E-state index is 0.0756. The lowest BCUT2D eigenvalue weighted by molar-refractivity contribution is -0.00457. The Morgan fingerprint density at radius 3 is 3.21 bits per heavy atom. The van der Waals surface area contributed by atoms with Gasteiger partial charge in [0.1, 0.15) is 12.4 Å². The second-order valence-electron chi connectivity index (χ2n) is 4.35. The zero-order chi connectivity index (χ0) is 13.4. The van der Waals surface area contributed by atoms with Crippen LogP contribution >= 0.6 is 11.5 Å². The molecule has 0 bridgehead atoms. The van der Waals surface area contributed by atoms with Gasteiger partial charge in [0.25, 0.3) is 0 Å². The van der Waals surface area contributed by atoms with Crippen molar-refractivity contribution in [1.82, 2.24) is 14.8 Å². The Labute approximate surface area is 113 Å². The molecule has 0 amide bonds. The number of aryl methyl sites for hydroxylation is 1. The third kappa shape index (κ3) is 2.00. The number of hydrogen-bond donors (Lipinski definition) is 3. The number of aliphatic hydroxyl groups is 1. The fourth-order valence-electron chi connectivity index (χ4n) is 2.18. The van der Waals surface area contributed by atoms with Gasteiger partial charge in [0.15, 0.2) is 0 Å². The van der Waals surface area contributed by atoms with Gasteiger partial charge >= 0.3 is 0 Å². The number of fused-ring (bicyclic) bond motifs is 1. The van der Waals surface area contributed by atoms with E-state index < -0.39 is 0 Å². The van der Waals surface area contributed by atoms with Gasteiger partial charge in [-0.15, -0.1) is 0 Å². The van der Waals surface area contributed by atoms with E-state index in [1.54, 1.807) is 13.1 Å². The summed E-state index contributed by atoms with van der Waals surface area (Å²) in [4.78, 5) is 9.35. The Kier molecular flexibility index (Phi) is 3.19. The van der Waals surface area contributed by atoms with Crippen LogP contribution in [0.5, 0.6) is 5.75 Å². The highest BCUT2D eigenvalue weighted by Gasteiger charge is 2.29. The number of hydroxylamine groups is 1.